The molecule has 4 nitrogen and oxygen atoms in total. The third-order valence-electron chi connectivity index (χ3n) is 6.16. The van der Waals surface area contributed by atoms with Gasteiger partial charge < -0.3 is 5.11 Å². The summed E-state index contributed by atoms with van der Waals surface area (Å²) in [5.41, 5.74) is 2.37. The highest BCUT2D eigenvalue weighted by Gasteiger charge is 2.41. The third-order valence-corrected chi connectivity index (χ3v) is 6.82. The van der Waals surface area contributed by atoms with Crippen LogP contribution >= 0.6 is 23.2 Å². The molecular weight excluding hydrogens is 383 g/mol. The number of benzene rings is 1. The Morgan fingerprint density at radius 3 is 2.44 bits per heavy atom. The normalized spacial score (nSPS) is 27.1. The monoisotopic (exact) mass is 406 g/mol. The maximum Gasteiger partial charge on any atom is 0.309 e. The van der Waals surface area contributed by atoms with Gasteiger partial charge in [-0.05, 0) is 36.6 Å². The zero-order chi connectivity index (χ0) is 19.2. The molecule has 1 aliphatic carbocycles. The van der Waals surface area contributed by atoms with E-state index in [0.717, 1.165) is 41.7 Å². The molecule has 4 rings (SSSR count). The van der Waals surface area contributed by atoms with E-state index in [0.29, 0.717) is 19.0 Å². The quantitative estimate of drug-likeness (QED) is 0.800. The molecule has 2 heterocycles. The van der Waals surface area contributed by atoms with Crippen molar-refractivity contribution in [3.8, 4) is 0 Å². The van der Waals surface area contributed by atoms with Gasteiger partial charge in [0.15, 0.2) is 0 Å². The van der Waals surface area contributed by atoms with Gasteiger partial charge >= 0.3 is 5.97 Å². The second kappa shape index (κ2) is 7.25. The molecule has 2 saturated heterocycles. The zero-order valence-corrected chi connectivity index (χ0v) is 16.9. The highest BCUT2D eigenvalue weighted by atomic mass is 35.5. The maximum atomic E-state index is 10.9. The van der Waals surface area contributed by atoms with Gasteiger partial charge in [-0.25, -0.2) is 0 Å². The Kier molecular flexibility index (Phi) is 5.10. The largest absolute Gasteiger partial charge is 0.481 e. The van der Waals surface area contributed by atoms with Crippen LogP contribution in [0.5, 0.6) is 0 Å². The van der Waals surface area contributed by atoms with Crippen molar-refractivity contribution in [1.82, 2.24) is 9.80 Å². The van der Waals surface area contributed by atoms with Crippen molar-refractivity contribution < 1.29 is 9.90 Å². The van der Waals surface area contributed by atoms with Gasteiger partial charge in [-0.1, -0.05) is 47.5 Å². The first-order chi connectivity index (χ1) is 12.9. The van der Waals surface area contributed by atoms with Crippen LogP contribution in [0.2, 0.25) is 10.0 Å². The summed E-state index contributed by atoms with van der Waals surface area (Å²) < 4.78 is 0. The van der Waals surface area contributed by atoms with Crippen molar-refractivity contribution in [2.75, 3.05) is 32.7 Å². The summed E-state index contributed by atoms with van der Waals surface area (Å²) in [6, 6.07) is 5.71. The molecule has 0 spiro atoms. The summed E-state index contributed by atoms with van der Waals surface area (Å²) in [5, 5.41) is 10.5. The van der Waals surface area contributed by atoms with Crippen LogP contribution in [-0.2, 0) is 4.79 Å². The first-order valence-corrected chi connectivity index (χ1v) is 10.1. The highest BCUT2D eigenvalue weighted by molar-refractivity contribution is 6.36. The maximum absolute atomic E-state index is 10.9. The van der Waals surface area contributed by atoms with Gasteiger partial charge in [0.25, 0.3) is 0 Å². The number of carboxylic acids is 1. The molecule has 0 aromatic heterocycles. The molecule has 0 bridgehead atoms. The molecule has 27 heavy (non-hydrogen) atoms. The number of carboxylic acid groups (broad SMARTS) is 1. The molecule has 144 valence electrons. The van der Waals surface area contributed by atoms with E-state index in [4.69, 9.17) is 28.3 Å². The fraction of sp³-hybridized carbons (Fsp3) is 0.476. The number of aliphatic carboxylic acids is 1. The van der Waals surface area contributed by atoms with Gasteiger partial charge in [-0.3, -0.25) is 14.6 Å². The van der Waals surface area contributed by atoms with Crippen LogP contribution in [0.25, 0.3) is 0 Å². The summed E-state index contributed by atoms with van der Waals surface area (Å²) in [6.07, 6.45) is 7.76. The number of halogens is 2. The Labute approximate surface area is 170 Å². The van der Waals surface area contributed by atoms with E-state index in [1.807, 2.05) is 18.2 Å². The average Bonchev–Trinajstić information content (AvgIpc) is 2.53. The van der Waals surface area contributed by atoms with Gasteiger partial charge in [0, 0.05) is 54.2 Å². The van der Waals surface area contributed by atoms with Crippen molar-refractivity contribution in [2.45, 2.75) is 24.8 Å². The van der Waals surface area contributed by atoms with E-state index >= 15 is 0 Å². The second-order valence-corrected chi connectivity index (χ2v) is 8.95. The van der Waals surface area contributed by atoms with Crippen LogP contribution < -0.4 is 0 Å². The van der Waals surface area contributed by atoms with Gasteiger partial charge in [-0.2, -0.15) is 0 Å². The molecule has 1 N–H and O–H groups in total. The number of likely N-dealkylation sites (tertiary alicyclic amines) is 2. The topological polar surface area (TPSA) is 43.8 Å². The fourth-order valence-corrected chi connectivity index (χ4v) is 4.91. The molecule has 1 unspecified atom stereocenters. The first-order valence-electron chi connectivity index (χ1n) is 9.38. The lowest BCUT2D eigenvalue weighted by Gasteiger charge is -2.51. The number of hydrogen-bond acceptors (Lipinski definition) is 3. The van der Waals surface area contributed by atoms with Crippen LogP contribution in [0.4, 0.5) is 0 Å². The van der Waals surface area contributed by atoms with E-state index in [1.165, 1.54) is 5.57 Å². The summed E-state index contributed by atoms with van der Waals surface area (Å²) in [4.78, 5) is 15.6. The molecule has 1 aromatic rings. The van der Waals surface area contributed by atoms with Crippen LogP contribution in [-0.4, -0.2) is 59.1 Å². The van der Waals surface area contributed by atoms with Gasteiger partial charge in [0.2, 0.25) is 0 Å². The van der Waals surface area contributed by atoms with Gasteiger partial charge in [0.05, 0.1) is 5.92 Å². The number of nitrogens with zero attached hydrogens (tertiary/aromatic N) is 2. The van der Waals surface area contributed by atoms with E-state index in [9.17, 15) is 4.79 Å². The molecule has 0 radical (unpaired) electrons. The van der Waals surface area contributed by atoms with Gasteiger partial charge in [0.1, 0.15) is 0 Å². The van der Waals surface area contributed by atoms with Crippen LogP contribution in [0.1, 0.15) is 24.8 Å². The molecular formula is C21H24Cl2N2O2. The van der Waals surface area contributed by atoms with E-state index in [-0.39, 0.29) is 11.5 Å². The number of hydrogen-bond donors (Lipinski definition) is 1. The molecule has 2 fully saturated rings. The third kappa shape index (κ3) is 3.68. The lowest BCUT2D eigenvalue weighted by molar-refractivity contribution is -0.147. The van der Waals surface area contributed by atoms with E-state index in [1.54, 1.807) is 0 Å². The lowest BCUT2D eigenvalue weighted by Crippen LogP contribution is -2.57. The predicted octanol–water partition coefficient (Wildman–Crippen LogP) is 4.05. The number of rotatable bonds is 5. The highest BCUT2D eigenvalue weighted by Crippen LogP contribution is 2.41. The smallest absolute Gasteiger partial charge is 0.309 e. The summed E-state index contributed by atoms with van der Waals surface area (Å²) >= 11 is 12.7. The Balaban J connectivity index is 1.31. The predicted molar refractivity (Wildman–Crippen MR) is 109 cm³/mol. The van der Waals surface area contributed by atoms with Crippen LogP contribution in [0.15, 0.2) is 42.0 Å². The molecule has 2 aliphatic heterocycles. The molecule has 1 atom stereocenters. The SMILES string of the molecule is CC1(N2CC(c3c(Cl)cccc3Cl)C2)C=CC(CN2CC(C(=O)O)C2)=CC1. The van der Waals surface area contributed by atoms with E-state index < -0.39 is 5.97 Å². The molecule has 1 aromatic carbocycles. The van der Waals surface area contributed by atoms with E-state index in [2.05, 4.69) is 35.0 Å². The van der Waals surface area contributed by atoms with Crippen LogP contribution in [0, 0.1) is 5.92 Å². The van der Waals surface area contributed by atoms with Crippen LogP contribution in [0.3, 0.4) is 0 Å². The van der Waals surface area contributed by atoms with Crippen molar-refractivity contribution in [3.63, 3.8) is 0 Å². The Hall–Kier alpha value is -1.33. The summed E-state index contributed by atoms with van der Waals surface area (Å²) in [6.45, 7) is 6.34. The number of carbonyl (C=O) groups is 1. The minimum Gasteiger partial charge on any atom is -0.481 e. The molecule has 3 aliphatic rings. The zero-order valence-electron chi connectivity index (χ0n) is 15.4. The van der Waals surface area contributed by atoms with Crippen molar-refractivity contribution in [1.29, 1.82) is 0 Å². The standard InChI is InChI=1S/C21H24Cl2N2O2/c1-21(25-12-15(13-25)19-17(22)3-2-4-18(19)23)7-5-14(6-8-21)9-24-10-16(11-24)20(26)27/h2-7,15-16H,8-13H2,1H3,(H,26,27). The minimum atomic E-state index is -0.682. The Morgan fingerprint density at radius 1 is 1.22 bits per heavy atom. The first kappa shape index (κ1) is 19.0. The Morgan fingerprint density at radius 2 is 1.89 bits per heavy atom. The van der Waals surface area contributed by atoms with Crippen molar-refractivity contribution >= 4 is 29.2 Å². The van der Waals surface area contributed by atoms with Crippen molar-refractivity contribution in [3.05, 3.63) is 57.6 Å². The fourth-order valence-electron chi connectivity index (χ4n) is 4.20. The summed E-state index contributed by atoms with van der Waals surface area (Å²) in [7, 11) is 0. The molecule has 0 saturated carbocycles. The Bertz CT molecular complexity index is 790. The minimum absolute atomic E-state index is 0.0201. The lowest BCUT2D eigenvalue weighted by atomic mass is 9.81. The molecule has 6 heteroatoms. The average molecular weight is 407 g/mol. The van der Waals surface area contributed by atoms with Crippen molar-refractivity contribution in [2.24, 2.45) is 5.92 Å². The summed E-state index contributed by atoms with van der Waals surface area (Å²) in [5.74, 6) is -0.494. The second-order valence-electron chi connectivity index (χ2n) is 8.14. The van der Waals surface area contributed by atoms with Gasteiger partial charge in [-0.15, -0.1) is 0 Å². The molecule has 0 amide bonds.